The van der Waals surface area contributed by atoms with Crippen molar-refractivity contribution in [3.05, 3.63) is 58.0 Å². The Hall–Kier alpha value is -3.17. The van der Waals surface area contributed by atoms with Crippen molar-refractivity contribution in [3.63, 3.8) is 0 Å². The van der Waals surface area contributed by atoms with E-state index >= 15 is 0 Å². The zero-order valence-corrected chi connectivity index (χ0v) is 23.7. The number of halogens is 3. The fraction of sp³-hybridized carbons (Fsp3) is 0.429. The van der Waals surface area contributed by atoms with E-state index in [9.17, 15) is 9.18 Å². The monoisotopic (exact) mass is 572 g/mol. The minimum absolute atomic E-state index is 0.0593. The van der Waals surface area contributed by atoms with Crippen LogP contribution in [0.3, 0.4) is 0 Å². The lowest BCUT2D eigenvalue weighted by Gasteiger charge is -2.41. The van der Waals surface area contributed by atoms with Gasteiger partial charge in [-0.3, -0.25) is 0 Å². The Bertz CT molecular complexity index is 1380. The van der Waals surface area contributed by atoms with Crippen LogP contribution in [0.25, 0.3) is 11.3 Å². The summed E-state index contributed by atoms with van der Waals surface area (Å²) in [4.78, 5) is 33.0. The van der Waals surface area contributed by atoms with E-state index in [2.05, 4.69) is 33.5 Å². The topological polar surface area (TPSA) is 74.7 Å². The van der Waals surface area contributed by atoms with Crippen molar-refractivity contribution in [2.45, 2.75) is 45.7 Å². The Labute approximate surface area is 237 Å². The van der Waals surface area contributed by atoms with Crippen LogP contribution >= 0.6 is 23.2 Å². The van der Waals surface area contributed by atoms with Crippen LogP contribution in [-0.4, -0.2) is 65.8 Å². The molecule has 2 fully saturated rings. The Balaban J connectivity index is 1.42. The maximum Gasteiger partial charge on any atom is 0.339 e. The lowest BCUT2D eigenvalue weighted by atomic mass is 10.1. The van der Waals surface area contributed by atoms with E-state index in [1.54, 1.807) is 25.1 Å². The van der Waals surface area contributed by atoms with Gasteiger partial charge >= 0.3 is 5.97 Å². The van der Waals surface area contributed by atoms with Gasteiger partial charge in [-0.25, -0.2) is 19.2 Å². The highest BCUT2D eigenvalue weighted by molar-refractivity contribution is 6.33. The van der Waals surface area contributed by atoms with E-state index in [1.807, 2.05) is 6.07 Å². The summed E-state index contributed by atoms with van der Waals surface area (Å²) in [5, 5.41) is 0.466. The summed E-state index contributed by atoms with van der Waals surface area (Å²) in [6.07, 6.45) is 3.68. The van der Waals surface area contributed by atoms with E-state index in [4.69, 9.17) is 37.9 Å². The number of aromatic nitrogens is 3. The molecule has 39 heavy (non-hydrogen) atoms. The van der Waals surface area contributed by atoms with Gasteiger partial charge in [0.15, 0.2) is 0 Å². The minimum atomic E-state index is -0.463. The molecular weight excluding hydrogens is 542 g/mol. The van der Waals surface area contributed by atoms with Gasteiger partial charge in [-0.1, -0.05) is 23.2 Å². The molecule has 0 N–H and O–H groups in total. The number of rotatable bonds is 6. The molecule has 206 valence electrons. The summed E-state index contributed by atoms with van der Waals surface area (Å²) in [5.74, 6) is 1.20. The van der Waals surface area contributed by atoms with Crippen LogP contribution in [-0.2, 0) is 4.74 Å². The molecule has 2 atom stereocenters. The number of esters is 1. The van der Waals surface area contributed by atoms with Crippen LogP contribution in [0.4, 0.5) is 22.0 Å². The lowest BCUT2D eigenvalue weighted by molar-refractivity contribution is 0.0526. The van der Waals surface area contributed by atoms with E-state index in [1.165, 1.54) is 12.3 Å². The highest BCUT2D eigenvalue weighted by Gasteiger charge is 2.30. The number of hydrogen-bond donors (Lipinski definition) is 0. The van der Waals surface area contributed by atoms with Crippen LogP contribution in [0.5, 0.6) is 0 Å². The standard InChI is InChI=1S/C28H31Cl2FN6O2/c1-4-39-27(38)20-13-22(30)26(32-15-20)35-10-11-36(18(3)16-35)25-14-24(19-7-8-23(31)21(29)12-19)33-28(34-25)37-9-5-6-17(37)2/h7-8,12-15,17-18H,4-6,9-11,16H2,1-3H3. The van der Waals surface area contributed by atoms with Crippen molar-refractivity contribution >= 4 is 46.8 Å². The van der Waals surface area contributed by atoms with Gasteiger partial charge in [0.05, 0.1) is 27.9 Å². The van der Waals surface area contributed by atoms with E-state index in [0.29, 0.717) is 53.7 Å². The summed E-state index contributed by atoms with van der Waals surface area (Å²) in [7, 11) is 0. The van der Waals surface area contributed by atoms with Gasteiger partial charge in [-0.15, -0.1) is 0 Å². The molecule has 0 radical (unpaired) electrons. The zero-order chi connectivity index (χ0) is 27.7. The summed E-state index contributed by atoms with van der Waals surface area (Å²) >= 11 is 12.6. The van der Waals surface area contributed by atoms with Crippen molar-refractivity contribution in [2.24, 2.45) is 0 Å². The first-order valence-electron chi connectivity index (χ1n) is 13.2. The van der Waals surface area contributed by atoms with Gasteiger partial charge < -0.3 is 19.4 Å². The largest absolute Gasteiger partial charge is 0.462 e. The van der Waals surface area contributed by atoms with Crippen LogP contribution in [0.15, 0.2) is 36.5 Å². The highest BCUT2D eigenvalue weighted by atomic mass is 35.5. The fourth-order valence-electron chi connectivity index (χ4n) is 5.21. The molecule has 4 heterocycles. The maximum atomic E-state index is 13.9. The number of hydrogen-bond acceptors (Lipinski definition) is 8. The minimum Gasteiger partial charge on any atom is -0.462 e. The molecule has 1 aromatic carbocycles. The van der Waals surface area contributed by atoms with Gasteiger partial charge in [0.2, 0.25) is 5.95 Å². The number of ether oxygens (including phenoxy) is 1. The van der Waals surface area contributed by atoms with E-state index in [-0.39, 0.29) is 17.7 Å². The van der Waals surface area contributed by atoms with Crippen molar-refractivity contribution in [1.82, 2.24) is 15.0 Å². The summed E-state index contributed by atoms with van der Waals surface area (Å²) in [6, 6.07) is 8.62. The normalized spacial score (nSPS) is 19.5. The molecule has 0 saturated carbocycles. The molecule has 2 aliphatic rings. The van der Waals surface area contributed by atoms with Crippen LogP contribution in [0, 0.1) is 5.82 Å². The Morgan fingerprint density at radius 1 is 1.05 bits per heavy atom. The predicted octanol–water partition coefficient (Wildman–Crippen LogP) is 5.87. The molecule has 2 unspecified atom stereocenters. The highest BCUT2D eigenvalue weighted by Crippen LogP contribution is 2.33. The first-order valence-corrected chi connectivity index (χ1v) is 14.0. The molecule has 11 heteroatoms. The molecule has 0 spiro atoms. The molecule has 2 aliphatic heterocycles. The Morgan fingerprint density at radius 2 is 1.87 bits per heavy atom. The van der Waals surface area contributed by atoms with Crippen molar-refractivity contribution in [1.29, 1.82) is 0 Å². The van der Waals surface area contributed by atoms with Crippen molar-refractivity contribution in [2.75, 3.05) is 47.5 Å². The molecule has 0 bridgehead atoms. The number of nitrogens with zero attached hydrogens (tertiary/aromatic N) is 6. The van der Waals surface area contributed by atoms with Gasteiger partial charge in [0.25, 0.3) is 0 Å². The number of pyridine rings is 1. The lowest BCUT2D eigenvalue weighted by Crippen LogP contribution is -2.52. The number of carbonyl (C=O) groups excluding carboxylic acids is 1. The van der Waals surface area contributed by atoms with Crippen LogP contribution < -0.4 is 14.7 Å². The molecule has 3 aromatic rings. The third-order valence-corrected chi connectivity index (χ3v) is 7.85. The van der Waals surface area contributed by atoms with Crippen LogP contribution in [0.2, 0.25) is 10.0 Å². The SMILES string of the molecule is CCOC(=O)c1cnc(N2CCN(c3cc(-c4ccc(F)c(Cl)c4)nc(N4CCCC4C)n3)C(C)C2)c(Cl)c1. The zero-order valence-electron chi connectivity index (χ0n) is 22.2. The quantitative estimate of drug-likeness (QED) is 0.340. The summed E-state index contributed by atoms with van der Waals surface area (Å²) in [6.45, 7) is 9.24. The Morgan fingerprint density at radius 3 is 2.54 bits per heavy atom. The van der Waals surface area contributed by atoms with Crippen LogP contribution in [0.1, 0.15) is 44.0 Å². The van der Waals surface area contributed by atoms with Gasteiger partial charge in [-0.2, -0.15) is 4.98 Å². The molecular formula is C28H31Cl2FN6O2. The third-order valence-electron chi connectivity index (χ3n) is 7.28. The molecule has 5 rings (SSSR count). The maximum absolute atomic E-state index is 13.9. The fourth-order valence-corrected chi connectivity index (χ4v) is 5.68. The van der Waals surface area contributed by atoms with Crippen molar-refractivity contribution in [3.8, 4) is 11.3 Å². The van der Waals surface area contributed by atoms with E-state index in [0.717, 1.165) is 30.8 Å². The van der Waals surface area contributed by atoms with Gasteiger partial charge in [0, 0.05) is 56.1 Å². The third kappa shape index (κ3) is 5.75. The second-order valence-electron chi connectivity index (χ2n) is 9.96. The van der Waals surface area contributed by atoms with Crippen molar-refractivity contribution < 1.29 is 13.9 Å². The second kappa shape index (κ2) is 11.5. The smallest absolute Gasteiger partial charge is 0.339 e. The first-order chi connectivity index (χ1) is 18.7. The predicted molar refractivity (Wildman–Crippen MR) is 153 cm³/mol. The first kappa shape index (κ1) is 27.4. The number of piperazine rings is 1. The Kier molecular flexibility index (Phi) is 8.09. The molecule has 0 amide bonds. The molecule has 0 aliphatic carbocycles. The van der Waals surface area contributed by atoms with Gasteiger partial charge in [0.1, 0.15) is 17.5 Å². The molecule has 2 aromatic heterocycles. The average molecular weight is 574 g/mol. The summed E-state index contributed by atoms with van der Waals surface area (Å²) in [5.41, 5.74) is 1.77. The number of anilines is 3. The molecule has 2 saturated heterocycles. The summed E-state index contributed by atoms with van der Waals surface area (Å²) < 4.78 is 18.9. The number of benzene rings is 1. The average Bonchev–Trinajstić information content (AvgIpc) is 3.35. The second-order valence-corrected chi connectivity index (χ2v) is 10.8. The van der Waals surface area contributed by atoms with Gasteiger partial charge in [-0.05, 0) is 57.9 Å². The van der Waals surface area contributed by atoms with E-state index < -0.39 is 11.8 Å². The number of carbonyl (C=O) groups is 1. The molecule has 8 nitrogen and oxygen atoms in total.